The molecule has 2 aromatic carbocycles. The first-order valence-electron chi connectivity index (χ1n) is 4.63. The monoisotopic (exact) mass is 281 g/mol. The van der Waals surface area contributed by atoms with Gasteiger partial charge in [0.05, 0.1) is 5.69 Å². The molecule has 0 aromatic heterocycles. The minimum Gasteiger partial charge on any atom is -0.455 e. The smallest absolute Gasteiger partial charge is 0.150 e. The van der Waals surface area contributed by atoms with E-state index in [1.165, 1.54) is 12.1 Å². The molecule has 0 bridgehead atoms. The number of ether oxygens (including phenoxy) is 1. The normalized spacial score (nSPS) is 10.1. The van der Waals surface area contributed by atoms with Crippen LogP contribution in [0, 0.1) is 5.82 Å². The van der Waals surface area contributed by atoms with Crippen molar-refractivity contribution in [1.29, 1.82) is 0 Å². The second-order valence-corrected chi connectivity index (χ2v) is 4.16. The molecule has 0 aliphatic rings. The van der Waals surface area contributed by atoms with Crippen LogP contribution in [0.5, 0.6) is 11.5 Å². The molecule has 0 amide bonds. The molecule has 0 fully saturated rings. The Morgan fingerprint density at radius 2 is 1.94 bits per heavy atom. The van der Waals surface area contributed by atoms with Gasteiger partial charge in [0.25, 0.3) is 0 Å². The third-order valence-corrected chi connectivity index (χ3v) is 2.49. The lowest BCUT2D eigenvalue weighted by atomic mass is 10.3. The van der Waals surface area contributed by atoms with Crippen molar-refractivity contribution in [2.45, 2.75) is 0 Å². The molecule has 0 atom stereocenters. The van der Waals surface area contributed by atoms with E-state index in [9.17, 15) is 4.39 Å². The zero-order valence-electron chi connectivity index (χ0n) is 8.28. The van der Waals surface area contributed by atoms with Crippen LogP contribution >= 0.6 is 15.9 Å². The highest BCUT2D eigenvalue weighted by molar-refractivity contribution is 9.10. The molecular formula is C12H9BrFNO. The first-order valence-corrected chi connectivity index (χ1v) is 5.43. The van der Waals surface area contributed by atoms with Crippen LogP contribution in [0.4, 0.5) is 10.1 Å². The summed E-state index contributed by atoms with van der Waals surface area (Å²) in [7, 11) is 0. The van der Waals surface area contributed by atoms with Gasteiger partial charge < -0.3 is 10.5 Å². The fourth-order valence-corrected chi connectivity index (χ4v) is 1.65. The van der Waals surface area contributed by atoms with Gasteiger partial charge in [-0.1, -0.05) is 22.0 Å². The lowest BCUT2D eigenvalue weighted by Crippen LogP contribution is -1.92. The average molecular weight is 282 g/mol. The fraction of sp³-hybridized carbons (Fsp3) is 0. The summed E-state index contributed by atoms with van der Waals surface area (Å²) < 4.78 is 19.2. The third kappa shape index (κ3) is 2.52. The maximum atomic E-state index is 12.9. The number of nitrogen functional groups attached to an aromatic ring is 1. The number of hydrogen-bond donors (Lipinski definition) is 1. The van der Waals surface area contributed by atoms with Crippen LogP contribution in [0.1, 0.15) is 0 Å². The van der Waals surface area contributed by atoms with Gasteiger partial charge in [0.1, 0.15) is 17.3 Å². The molecule has 0 heterocycles. The van der Waals surface area contributed by atoms with E-state index in [0.29, 0.717) is 17.2 Å². The van der Waals surface area contributed by atoms with Crippen LogP contribution in [0.3, 0.4) is 0 Å². The molecule has 0 saturated carbocycles. The Kier molecular flexibility index (Phi) is 3.10. The zero-order valence-corrected chi connectivity index (χ0v) is 9.87. The predicted octanol–water partition coefficient (Wildman–Crippen LogP) is 3.96. The van der Waals surface area contributed by atoms with Gasteiger partial charge in [0, 0.05) is 10.5 Å². The Hall–Kier alpha value is -1.55. The van der Waals surface area contributed by atoms with Crippen LogP contribution in [0.2, 0.25) is 0 Å². The first kappa shape index (κ1) is 11.0. The van der Waals surface area contributed by atoms with E-state index in [0.717, 1.165) is 4.47 Å². The molecule has 2 aromatic rings. The largest absolute Gasteiger partial charge is 0.455 e. The summed E-state index contributed by atoms with van der Waals surface area (Å²) in [6, 6.07) is 11.2. The standard InChI is InChI=1S/C12H9BrFNO/c13-8-4-5-12(11(15)6-8)16-10-3-1-2-9(14)7-10/h1-7H,15H2. The van der Waals surface area contributed by atoms with E-state index in [2.05, 4.69) is 15.9 Å². The molecule has 0 spiro atoms. The van der Waals surface area contributed by atoms with Crippen molar-refractivity contribution in [2.24, 2.45) is 0 Å². The molecule has 0 aliphatic carbocycles. The molecule has 2 N–H and O–H groups in total. The first-order chi connectivity index (χ1) is 7.65. The highest BCUT2D eigenvalue weighted by Crippen LogP contribution is 2.29. The number of halogens is 2. The van der Waals surface area contributed by atoms with Crippen molar-refractivity contribution in [3.05, 3.63) is 52.8 Å². The van der Waals surface area contributed by atoms with Crippen molar-refractivity contribution >= 4 is 21.6 Å². The second-order valence-electron chi connectivity index (χ2n) is 3.24. The Morgan fingerprint density at radius 1 is 1.12 bits per heavy atom. The zero-order chi connectivity index (χ0) is 11.5. The summed E-state index contributed by atoms with van der Waals surface area (Å²) >= 11 is 3.30. The summed E-state index contributed by atoms with van der Waals surface area (Å²) in [5.41, 5.74) is 6.26. The third-order valence-electron chi connectivity index (χ3n) is 2.00. The van der Waals surface area contributed by atoms with Crippen molar-refractivity contribution in [1.82, 2.24) is 0 Å². The average Bonchev–Trinajstić information content (AvgIpc) is 2.22. The summed E-state index contributed by atoms with van der Waals surface area (Å²) in [6.45, 7) is 0. The Labute approximate surface area is 101 Å². The summed E-state index contributed by atoms with van der Waals surface area (Å²) in [6.07, 6.45) is 0. The van der Waals surface area contributed by atoms with Crippen molar-refractivity contribution < 1.29 is 9.13 Å². The van der Waals surface area contributed by atoms with Crippen LogP contribution < -0.4 is 10.5 Å². The van der Waals surface area contributed by atoms with Gasteiger partial charge in [0.15, 0.2) is 0 Å². The molecule has 0 unspecified atom stereocenters. The Bertz CT molecular complexity index is 516. The number of rotatable bonds is 2. The molecule has 0 aliphatic heterocycles. The van der Waals surface area contributed by atoms with Gasteiger partial charge in [-0.25, -0.2) is 4.39 Å². The summed E-state index contributed by atoms with van der Waals surface area (Å²) in [5.74, 6) is 0.594. The number of hydrogen-bond acceptors (Lipinski definition) is 2. The van der Waals surface area contributed by atoms with E-state index < -0.39 is 0 Å². The van der Waals surface area contributed by atoms with E-state index in [-0.39, 0.29) is 5.82 Å². The number of benzene rings is 2. The Balaban J connectivity index is 2.27. The molecule has 82 valence electrons. The summed E-state index contributed by atoms with van der Waals surface area (Å²) in [5, 5.41) is 0. The maximum Gasteiger partial charge on any atom is 0.150 e. The molecule has 16 heavy (non-hydrogen) atoms. The van der Waals surface area contributed by atoms with Crippen LogP contribution in [0.15, 0.2) is 46.9 Å². The van der Waals surface area contributed by atoms with E-state index >= 15 is 0 Å². The minimum atomic E-state index is -0.340. The maximum absolute atomic E-state index is 12.9. The van der Waals surface area contributed by atoms with E-state index in [1.54, 1.807) is 24.3 Å². The predicted molar refractivity (Wildman–Crippen MR) is 65.0 cm³/mol. The fourth-order valence-electron chi connectivity index (χ4n) is 1.27. The van der Waals surface area contributed by atoms with Crippen LogP contribution in [-0.4, -0.2) is 0 Å². The van der Waals surface area contributed by atoms with Gasteiger partial charge in [-0.15, -0.1) is 0 Å². The molecule has 2 rings (SSSR count). The highest BCUT2D eigenvalue weighted by Gasteiger charge is 2.03. The molecule has 2 nitrogen and oxygen atoms in total. The van der Waals surface area contributed by atoms with E-state index in [4.69, 9.17) is 10.5 Å². The van der Waals surface area contributed by atoms with Crippen LogP contribution in [-0.2, 0) is 0 Å². The topological polar surface area (TPSA) is 35.2 Å². The second kappa shape index (κ2) is 4.53. The van der Waals surface area contributed by atoms with Gasteiger partial charge in [-0.2, -0.15) is 0 Å². The number of nitrogens with two attached hydrogens (primary N) is 1. The SMILES string of the molecule is Nc1cc(Br)ccc1Oc1cccc(F)c1. The van der Waals surface area contributed by atoms with Gasteiger partial charge in [-0.05, 0) is 30.3 Å². The molecule has 0 saturated heterocycles. The van der Waals surface area contributed by atoms with Crippen molar-refractivity contribution in [3.8, 4) is 11.5 Å². The van der Waals surface area contributed by atoms with Crippen LogP contribution in [0.25, 0.3) is 0 Å². The summed E-state index contributed by atoms with van der Waals surface area (Å²) in [4.78, 5) is 0. The molecule has 4 heteroatoms. The lowest BCUT2D eigenvalue weighted by Gasteiger charge is -2.08. The van der Waals surface area contributed by atoms with Crippen molar-refractivity contribution in [2.75, 3.05) is 5.73 Å². The molecular weight excluding hydrogens is 273 g/mol. The van der Waals surface area contributed by atoms with Crippen molar-refractivity contribution in [3.63, 3.8) is 0 Å². The van der Waals surface area contributed by atoms with E-state index in [1.807, 2.05) is 6.07 Å². The highest BCUT2D eigenvalue weighted by atomic mass is 79.9. The van der Waals surface area contributed by atoms with Gasteiger partial charge in [0.2, 0.25) is 0 Å². The molecule has 0 radical (unpaired) electrons. The number of anilines is 1. The van der Waals surface area contributed by atoms with Gasteiger partial charge in [-0.3, -0.25) is 0 Å². The lowest BCUT2D eigenvalue weighted by molar-refractivity contribution is 0.479. The Morgan fingerprint density at radius 3 is 2.62 bits per heavy atom. The van der Waals surface area contributed by atoms with Gasteiger partial charge >= 0.3 is 0 Å². The minimum absolute atomic E-state index is 0.340. The quantitative estimate of drug-likeness (QED) is 0.846.